The maximum atomic E-state index is 5.37. The second-order valence-corrected chi connectivity index (χ2v) is 10.9. The molecule has 0 aromatic heterocycles. The first-order valence-electron chi connectivity index (χ1n) is 9.42. The molecule has 0 aromatic rings. The summed E-state index contributed by atoms with van der Waals surface area (Å²) >= 11 is 0. The van der Waals surface area contributed by atoms with Gasteiger partial charge in [-0.05, 0) is 36.9 Å². The monoisotopic (exact) mass is 333 g/mol. The number of hydrogen-bond donors (Lipinski definition) is 0. The van der Waals surface area contributed by atoms with Crippen LogP contribution in [0.1, 0.15) is 68.7 Å². The fraction of sp³-hybridized carbons (Fsp3) is 0.857. The Balaban J connectivity index is 2.75. The van der Waals surface area contributed by atoms with E-state index in [-0.39, 0.29) is 22.3 Å². The van der Waals surface area contributed by atoms with E-state index in [2.05, 4.69) is 86.2 Å². The molecular weight excluding hydrogens is 294 g/mol. The number of rotatable bonds is 1. The average Bonchev–Trinajstić information content (AvgIpc) is 2.76. The Morgan fingerprint density at radius 3 is 1.83 bits per heavy atom. The molecular formula is C21H39N3. The van der Waals surface area contributed by atoms with Crippen LogP contribution in [0.25, 0.3) is 0 Å². The summed E-state index contributed by atoms with van der Waals surface area (Å²) in [6, 6.07) is 0.746. The Bertz CT molecular complexity index is 547. The van der Waals surface area contributed by atoms with E-state index in [9.17, 15) is 0 Å². The summed E-state index contributed by atoms with van der Waals surface area (Å²) in [5.74, 6) is 1.27. The molecule has 0 saturated carbocycles. The highest BCUT2D eigenvalue weighted by molar-refractivity contribution is 5.91. The van der Waals surface area contributed by atoms with Gasteiger partial charge in [0.25, 0.3) is 0 Å². The molecule has 0 N–H and O–H groups in total. The van der Waals surface area contributed by atoms with Gasteiger partial charge in [-0.25, -0.2) is 0 Å². The highest BCUT2D eigenvalue weighted by atomic mass is 15.3. The minimum atomic E-state index is 0.0688. The van der Waals surface area contributed by atoms with Crippen LogP contribution in [0.5, 0.6) is 0 Å². The van der Waals surface area contributed by atoms with E-state index in [4.69, 9.17) is 4.99 Å². The van der Waals surface area contributed by atoms with Crippen molar-refractivity contribution >= 4 is 5.84 Å². The normalized spacial score (nSPS) is 26.2. The molecule has 0 amide bonds. The van der Waals surface area contributed by atoms with E-state index in [0.717, 1.165) is 6.54 Å². The van der Waals surface area contributed by atoms with Gasteiger partial charge in [0.1, 0.15) is 5.84 Å². The molecule has 24 heavy (non-hydrogen) atoms. The van der Waals surface area contributed by atoms with Crippen molar-refractivity contribution < 1.29 is 0 Å². The summed E-state index contributed by atoms with van der Waals surface area (Å²) in [6.45, 7) is 22.1. The van der Waals surface area contributed by atoms with Crippen molar-refractivity contribution in [3.05, 3.63) is 11.3 Å². The van der Waals surface area contributed by atoms with Crippen molar-refractivity contribution in [3.8, 4) is 0 Å². The van der Waals surface area contributed by atoms with Gasteiger partial charge in [0, 0.05) is 17.7 Å². The van der Waals surface area contributed by atoms with E-state index >= 15 is 0 Å². The molecule has 3 heteroatoms. The van der Waals surface area contributed by atoms with Gasteiger partial charge in [-0.15, -0.1) is 0 Å². The zero-order valence-electron chi connectivity index (χ0n) is 17.9. The van der Waals surface area contributed by atoms with Crippen LogP contribution in [-0.2, 0) is 0 Å². The molecule has 3 nitrogen and oxygen atoms in total. The minimum Gasteiger partial charge on any atom is -0.332 e. The van der Waals surface area contributed by atoms with E-state index < -0.39 is 0 Å². The average molecular weight is 334 g/mol. The topological polar surface area (TPSA) is 18.8 Å². The van der Waals surface area contributed by atoms with Gasteiger partial charge < -0.3 is 9.80 Å². The van der Waals surface area contributed by atoms with Crippen molar-refractivity contribution in [1.29, 1.82) is 0 Å². The van der Waals surface area contributed by atoms with Crippen molar-refractivity contribution in [1.82, 2.24) is 9.80 Å². The summed E-state index contributed by atoms with van der Waals surface area (Å²) in [6.07, 6.45) is 1.19. The molecule has 0 aliphatic carbocycles. The molecule has 138 valence electrons. The number of nitrogens with zero attached hydrogens (tertiary/aromatic N) is 3. The fourth-order valence-electron chi connectivity index (χ4n) is 4.15. The number of aliphatic imine (C=N–C) groups is 1. The van der Waals surface area contributed by atoms with Gasteiger partial charge >= 0.3 is 0 Å². The molecule has 1 saturated heterocycles. The van der Waals surface area contributed by atoms with Crippen molar-refractivity contribution in [3.63, 3.8) is 0 Å². The molecule has 1 fully saturated rings. The summed E-state index contributed by atoms with van der Waals surface area (Å²) in [5, 5.41) is 0. The quantitative estimate of drug-likeness (QED) is 0.686. The summed E-state index contributed by atoms with van der Waals surface area (Å²) < 4.78 is 0. The maximum Gasteiger partial charge on any atom is 0.109 e. The third kappa shape index (κ3) is 3.42. The zero-order chi connectivity index (χ0) is 18.7. The number of fused-ring (bicyclic) bond motifs is 1. The number of amidine groups is 1. The third-order valence-corrected chi connectivity index (χ3v) is 5.21. The second-order valence-electron chi connectivity index (χ2n) is 10.9. The number of hydrogen-bond acceptors (Lipinski definition) is 3. The molecule has 2 aliphatic heterocycles. The highest BCUT2D eigenvalue weighted by Crippen LogP contribution is 2.48. The van der Waals surface area contributed by atoms with Crippen LogP contribution in [-0.4, -0.2) is 48.4 Å². The van der Waals surface area contributed by atoms with Gasteiger partial charge in [0.05, 0.1) is 12.1 Å². The molecule has 2 aliphatic rings. The van der Waals surface area contributed by atoms with Gasteiger partial charge in [-0.1, -0.05) is 62.3 Å². The Morgan fingerprint density at radius 1 is 0.917 bits per heavy atom. The molecule has 2 unspecified atom stereocenters. The Morgan fingerprint density at radius 2 is 1.46 bits per heavy atom. The van der Waals surface area contributed by atoms with Crippen molar-refractivity contribution in [2.24, 2.45) is 21.2 Å². The van der Waals surface area contributed by atoms with Crippen molar-refractivity contribution in [2.45, 2.75) is 80.8 Å². The largest absolute Gasteiger partial charge is 0.332 e. The molecule has 2 heterocycles. The molecule has 0 aromatic carbocycles. The summed E-state index contributed by atoms with van der Waals surface area (Å²) in [4.78, 5) is 10.3. The summed E-state index contributed by atoms with van der Waals surface area (Å²) in [5.41, 5.74) is 3.39. The van der Waals surface area contributed by atoms with Crippen LogP contribution in [0.2, 0.25) is 0 Å². The molecule has 2 atom stereocenters. The fourth-order valence-corrected chi connectivity index (χ4v) is 4.15. The Labute approximate surface area is 150 Å². The van der Waals surface area contributed by atoms with Crippen molar-refractivity contribution in [2.75, 3.05) is 20.6 Å². The van der Waals surface area contributed by atoms with Gasteiger partial charge in [-0.2, -0.15) is 0 Å². The van der Waals surface area contributed by atoms with Crippen LogP contribution in [0.3, 0.4) is 0 Å². The lowest BCUT2D eigenvalue weighted by Crippen LogP contribution is -2.48. The van der Waals surface area contributed by atoms with Gasteiger partial charge in [-0.3, -0.25) is 4.99 Å². The number of likely N-dealkylation sites (N-methyl/N-ethyl adjacent to an activating group) is 1. The van der Waals surface area contributed by atoms with E-state index in [1.165, 1.54) is 18.0 Å². The lowest BCUT2D eigenvalue weighted by molar-refractivity contribution is 0.269. The predicted octanol–water partition coefficient (Wildman–Crippen LogP) is 4.80. The molecule has 0 spiro atoms. The van der Waals surface area contributed by atoms with Gasteiger partial charge in [0.15, 0.2) is 0 Å². The zero-order valence-corrected chi connectivity index (χ0v) is 17.9. The van der Waals surface area contributed by atoms with E-state index in [1.54, 1.807) is 5.57 Å². The van der Waals surface area contributed by atoms with Crippen LogP contribution in [0.4, 0.5) is 0 Å². The first-order valence-corrected chi connectivity index (χ1v) is 9.42. The second kappa shape index (κ2) is 5.86. The lowest BCUT2D eigenvalue weighted by atomic mass is 9.70. The van der Waals surface area contributed by atoms with E-state index in [0.29, 0.717) is 6.04 Å². The molecule has 2 rings (SSSR count). The predicted molar refractivity (Wildman–Crippen MR) is 105 cm³/mol. The third-order valence-electron chi connectivity index (χ3n) is 5.21. The van der Waals surface area contributed by atoms with E-state index in [1.807, 2.05) is 0 Å². The SMILES string of the molecule is CN(C)C1CCN2C(C(C)(C)C)=NC(C(C)(C)C)C(C(C)(C)C)=C12. The lowest BCUT2D eigenvalue weighted by Gasteiger charge is -2.47. The Hall–Kier alpha value is -0.830. The standard InChI is InChI=1S/C21H39N3/c1-19(2,3)15-16-14(23(10)11)12-13-24(16)18(21(7,8)9)22-17(15)20(4,5)6/h14,17H,12-13H2,1-11H3. The summed E-state index contributed by atoms with van der Waals surface area (Å²) in [7, 11) is 4.44. The molecule has 0 bridgehead atoms. The maximum absolute atomic E-state index is 5.37. The van der Waals surface area contributed by atoms with Crippen LogP contribution in [0, 0.1) is 16.2 Å². The first-order chi connectivity index (χ1) is 10.7. The minimum absolute atomic E-state index is 0.0688. The van der Waals surface area contributed by atoms with Crippen LogP contribution in [0.15, 0.2) is 16.3 Å². The van der Waals surface area contributed by atoms with Crippen LogP contribution < -0.4 is 0 Å². The first kappa shape index (κ1) is 19.5. The highest BCUT2D eigenvalue weighted by Gasteiger charge is 2.47. The smallest absolute Gasteiger partial charge is 0.109 e. The van der Waals surface area contributed by atoms with Gasteiger partial charge in [0.2, 0.25) is 0 Å². The van der Waals surface area contributed by atoms with Crippen LogP contribution >= 0.6 is 0 Å². The Kier molecular flexibility index (Phi) is 4.76. The molecule has 0 radical (unpaired) electrons.